The molecule has 18 heavy (non-hydrogen) atoms. The van der Waals surface area contributed by atoms with Crippen molar-refractivity contribution in [3.8, 4) is 11.3 Å². The molecule has 1 unspecified atom stereocenters. The predicted molar refractivity (Wildman–Crippen MR) is 77.3 cm³/mol. The SMILES string of the molecule is CC(CN)Nc1ccc(-c2ccccc2Br)nn1. The molecule has 2 rings (SSSR count). The molecule has 0 saturated heterocycles. The van der Waals surface area contributed by atoms with Gasteiger partial charge in [0, 0.05) is 22.6 Å². The summed E-state index contributed by atoms with van der Waals surface area (Å²) in [5.41, 5.74) is 7.42. The van der Waals surface area contributed by atoms with Crippen molar-refractivity contribution < 1.29 is 0 Å². The Morgan fingerprint density at radius 2 is 2.00 bits per heavy atom. The molecule has 0 radical (unpaired) electrons. The predicted octanol–water partition coefficient (Wildman–Crippen LogP) is 2.67. The quantitative estimate of drug-likeness (QED) is 0.911. The van der Waals surface area contributed by atoms with Crippen LogP contribution in [0.1, 0.15) is 6.92 Å². The summed E-state index contributed by atoms with van der Waals surface area (Å²) < 4.78 is 1.01. The number of hydrogen-bond donors (Lipinski definition) is 2. The van der Waals surface area contributed by atoms with Gasteiger partial charge in [0.15, 0.2) is 0 Å². The molecular formula is C13H15BrN4. The number of benzene rings is 1. The van der Waals surface area contributed by atoms with E-state index in [0.29, 0.717) is 6.54 Å². The lowest BCUT2D eigenvalue weighted by molar-refractivity contribution is 0.792. The van der Waals surface area contributed by atoms with E-state index >= 15 is 0 Å². The standard InChI is InChI=1S/C13H15BrN4/c1-9(8-15)16-13-7-6-12(17-18-13)10-4-2-3-5-11(10)14/h2-7,9H,8,15H2,1H3,(H,16,18). The van der Waals surface area contributed by atoms with Crippen LogP contribution in [0.2, 0.25) is 0 Å². The Kier molecular flexibility index (Phi) is 4.28. The lowest BCUT2D eigenvalue weighted by atomic mass is 10.1. The molecule has 94 valence electrons. The van der Waals surface area contributed by atoms with Gasteiger partial charge in [0.1, 0.15) is 5.82 Å². The molecule has 3 N–H and O–H groups in total. The molecule has 0 aliphatic carbocycles. The summed E-state index contributed by atoms with van der Waals surface area (Å²) in [6, 6.07) is 12.0. The van der Waals surface area contributed by atoms with Crippen LogP contribution in [0.3, 0.4) is 0 Å². The van der Waals surface area contributed by atoms with Gasteiger partial charge in [-0.25, -0.2) is 0 Å². The first-order valence-electron chi connectivity index (χ1n) is 5.76. The van der Waals surface area contributed by atoms with Crippen molar-refractivity contribution in [2.75, 3.05) is 11.9 Å². The Balaban J connectivity index is 2.20. The van der Waals surface area contributed by atoms with E-state index in [1.165, 1.54) is 0 Å². The van der Waals surface area contributed by atoms with Gasteiger partial charge in [-0.3, -0.25) is 0 Å². The first-order chi connectivity index (χ1) is 8.70. The van der Waals surface area contributed by atoms with Crippen LogP contribution in [0.25, 0.3) is 11.3 Å². The molecule has 2 aromatic rings. The molecular weight excluding hydrogens is 292 g/mol. The van der Waals surface area contributed by atoms with Gasteiger partial charge in [0.25, 0.3) is 0 Å². The van der Waals surface area contributed by atoms with Crippen molar-refractivity contribution in [1.82, 2.24) is 10.2 Å². The maximum atomic E-state index is 5.54. The summed E-state index contributed by atoms with van der Waals surface area (Å²) in [5, 5.41) is 11.5. The number of rotatable bonds is 4. The second-order valence-electron chi connectivity index (χ2n) is 4.06. The second kappa shape index (κ2) is 5.93. The van der Waals surface area contributed by atoms with Gasteiger partial charge >= 0.3 is 0 Å². The Bertz CT molecular complexity index is 513. The van der Waals surface area contributed by atoms with Gasteiger partial charge in [0.05, 0.1) is 5.69 Å². The van der Waals surface area contributed by atoms with Gasteiger partial charge in [0.2, 0.25) is 0 Å². The number of anilines is 1. The number of hydrogen-bond acceptors (Lipinski definition) is 4. The number of aromatic nitrogens is 2. The highest BCUT2D eigenvalue weighted by molar-refractivity contribution is 9.10. The van der Waals surface area contributed by atoms with Crippen LogP contribution in [0.4, 0.5) is 5.82 Å². The maximum Gasteiger partial charge on any atom is 0.148 e. The van der Waals surface area contributed by atoms with Gasteiger partial charge in [-0.2, -0.15) is 0 Å². The molecule has 0 fully saturated rings. The van der Waals surface area contributed by atoms with Gasteiger partial charge in [-0.1, -0.05) is 34.1 Å². The van der Waals surface area contributed by atoms with E-state index in [-0.39, 0.29) is 6.04 Å². The lowest BCUT2D eigenvalue weighted by Gasteiger charge is -2.11. The van der Waals surface area contributed by atoms with Crippen molar-refractivity contribution >= 4 is 21.7 Å². The maximum absolute atomic E-state index is 5.54. The fourth-order valence-corrected chi connectivity index (χ4v) is 2.02. The molecule has 1 atom stereocenters. The van der Waals surface area contributed by atoms with E-state index in [9.17, 15) is 0 Å². The van der Waals surface area contributed by atoms with Crippen molar-refractivity contribution in [2.24, 2.45) is 5.73 Å². The summed E-state index contributed by atoms with van der Waals surface area (Å²) in [6.07, 6.45) is 0. The zero-order valence-corrected chi connectivity index (χ0v) is 11.7. The molecule has 0 aliphatic heterocycles. The molecule has 0 aliphatic rings. The van der Waals surface area contributed by atoms with Crippen LogP contribution >= 0.6 is 15.9 Å². The van der Waals surface area contributed by atoms with Crippen molar-refractivity contribution in [3.63, 3.8) is 0 Å². The highest BCUT2D eigenvalue weighted by Crippen LogP contribution is 2.26. The molecule has 1 heterocycles. The first-order valence-corrected chi connectivity index (χ1v) is 6.55. The number of halogens is 1. The first kappa shape index (κ1) is 13.0. The van der Waals surface area contributed by atoms with Gasteiger partial charge < -0.3 is 11.1 Å². The van der Waals surface area contributed by atoms with Crippen LogP contribution in [-0.2, 0) is 0 Å². The minimum Gasteiger partial charge on any atom is -0.365 e. The zero-order valence-electron chi connectivity index (χ0n) is 10.1. The Morgan fingerprint density at radius 3 is 2.61 bits per heavy atom. The largest absolute Gasteiger partial charge is 0.365 e. The molecule has 0 spiro atoms. The topological polar surface area (TPSA) is 63.8 Å². The van der Waals surface area contributed by atoms with Crippen LogP contribution in [0.15, 0.2) is 40.9 Å². The average Bonchev–Trinajstić information content (AvgIpc) is 2.40. The summed E-state index contributed by atoms with van der Waals surface area (Å²) in [4.78, 5) is 0. The minimum absolute atomic E-state index is 0.189. The zero-order chi connectivity index (χ0) is 13.0. The fraction of sp³-hybridized carbons (Fsp3) is 0.231. The molecule has 4 nitrogen and oxygen atoms in total. The van der Waals surface area contributed by atoms with Gasteiger partial charge in [-0.15, -0.1) is 10.2 Å². The van der Waals surface area contributed by atoms with Crippen molar-refractivity contribution in [3.05, 3.63) is 40.9 Å². The molecule has 0 saturated carbocycles. The van der Waals surface area contributed by atoms with Crippen molar-refractivity contribution in [2.45, 2.75) is 13.0 Å². The van der Waals surface area contributed by atoms with Crippen LogP contribution < -0.4 is 11.1 Å². The van der Waals surface area contributed by atoms with Crippen LogP contribution in [0, 0.1) is 0 Å². The average molecular weight is 307 g/mol. The molecule has 1 aromatic carbocycles. The van der Waals surface area contributed by atoms with Crippen LogP contribution in [0.5, 0.6) is 0 Å². The highest BCUT2D eigenvalue weighted by atomic mass is 79.9. The fourth-order valence-electron chi connectivity index (χ4n) is 1.53. The summed E-state index contributed by atoms with van der Waals surface area (Å²) in [6.45, 7) is 2.57. The second-order valence-corrected chi connectivity index (χ2v) is 4.92. The third-order valence-electron chi connectivity index (χ3n) is 2.56. The van der Waals surface area contributed by atoms with E-state index in [4.69, 9.17) is 5.73 Å². The number of nitrogens with one attached hydrogen (secondary N) is 1. The number of nitrogens with two attached hydrogens (primary N) is 1. The lowest BCUT2D eigenvalue weighted by Crippen LogP contribution is -2.25. The Morgan fingerprint density at radius 1 is 1.22 bits per heavy atom. The normalized spacial score (nSPS) is 12.2. The third-order valence-corrected chi connectivity index (χ3v) is 3.25. The third kappa shape index (κ3) is 3.05. The van der Waals surface area contributed by atoms with Gasteiger partial charge in [-0.05, 0) is 25.1 Å². The Labute approximate surface area is 115 Å². The highest BCUT2D eigenvalue weighted by Gasteiger charge is 2.05. The van der Waals surface area contributed by atoms with Crippen LogP contribution in [-0.4, -0.2) is 22.8 Å². The van der Waals surface area contributed by atoms with E-state index in [1.54, 1.807) is 0 Å². The molecule has 1 aromatic heterocycles. The summed E-state index contributed by atoms with van der Waals surface area (Å²) in [5.74, 6) is 0.740. The van der Waals surface area contributed by atoms with E-state index in [1.807, 2.05) is 43.3 Å². The molecule has 5 heteroatoms. The minimum atomic E-state index is 0.189. The summed E-state index contributed by atoms with van der Waals surface area (Å²) in [7, 11) is 0. The van der Waals surface area contributed by atoms with E-state index < -0.39 is 0 Å². The van der Waals surface area contributed by atoms with E-state index in [0.717, 1.165) is 21.5 Å². The smallest absolute Gasteiger partial charge is 0.148 e. The molecule has 0 bridgehead atoms. The molecule has 0 amide bonds. The van der Waals surface area contributed by atoms with Crippen molar-refractivity contribution in [1.29, 1.82) is 0 Å². The Hall–Kier alpha value is -1.46. The monoisotopic (exact) mass is 306 g/mol. The summed E-state index contributed by atoms with van der Waals surface area (Å²) >= 11 is 3.50. The van der Waals surface area contributed by atoms with E-state index in [2.05, 4.69) is 31.4 Å². The number of nitrogens with zero attached hydrogens (tertiary/aromatic N) is 2.